The molecular weight excluding hydrogens is 278 g/mol. The van der Waals surface area contributed by atoms with E-state index in [0.29, 0.717) is 18.5 Å². The quantitative estimate of drug-likeness (QED) is 0.900. The van der Waals surface area contributed by atoms with Crippen molar-refractivity contribution in [3.8, 4) is 0 Å². The predicted molar refractivity (Wildman–Crippen MR) is 77.3 cm³/mol. The van der Waals surface area contributed by atoms with Crippen LogP contribution in [-0.4, -0.2) is 31.8 Å². The number of unbranched alkanes of at least 4 members (excludes halogenated alkanes) is 1. The molecule has 1 aromatic rings. The van der Waals surface area contributed by atoms with Gasteiger partial charge in [-0.3, -0.25) is 9.10 Å². The van der Waals surface area contributed by atoms with Crippen molar-refractivity contribution in [3.63, 3.8) is 0 Å². The van der Waals surface area contributed by atoms with E-state index in [0.717, 1.165) is 12.0 Å². The normalized spacial score (nSPS) is 18.6. The number of carbonyl (C=O) groups is 1. The molecule has 0 saturated heterocycles. The second-order valence-electron chi connectivity index (χ2n) is 5.07. The monoisotopic (exact) mass is 297 g/mol. The molecule has 110 valence electrons. The van der Waals surface area contributed by atoms with Crippen molar-refractivity contribution in [1.29, 1.82) is 0 Å². The first-order valence-corrected chi connectivity index (χ1v) is 8.37. The van der Waals surface area contributed by atoms with Crippen LogP contribution in [0.3, 0.4) is 0 Å². The third kappa shape index (κ3) is 2.95. The molecule has 0 bridgehead atoms. The number of nitrogens with zero attached hydrogens (tertiary/aromatic N) is 1. The fourth-order valence-corrected chi connectivity index (χ4v) is 4.18. The van der Waals surface area contributed by atoms with Crippen LogP contribution in [0.5, 0.6) is 0 Å². The predicted octanol–water partition coefficient (Wildman–Crippen LogP) is 1.88. The topological polar surface area (TPSA) is 74.7 Å². The van der Waals surface area contributed by atoms with E-state index in [2.05, 4.69) is 0 Å². The zero-order valence-electron chi connectivity index (χ0n) is 11.4. The summed E-state index contributed by atoms with van der Waals surface area (Å²) in [7, 11) is -3.46. The fraction of sp³-hybridized carbons (Fsp3) is 0.500. The van der Waals surface area contributed by atoms with Crippen LogP contribution >= 0.6 is 0 Å². The average Bonchev–Trinajstić information content (AvgIpc) is 2.43. The van der Waals surface area contributed by atoms with Crippen LogP contribution < -0.4 is 4.31 Å². The van der Waals surface area contributed by atoms with E-state index in [1.165, 1.54) is 4.31 Å². The Morgan fingerprint density at radius 2 is 2.10 bits per heavy atom. The van der Waals surface area contributed by atoms with Crippen LogP contribution in [0.2, 0.25) is 0 Å². The molecule has 0 spiro atoms. The van der Waals surface area contributed by atoms with Crippen LogP contribution in [0.4, 0.5) is 5.69 Å². The molecule has 1 N–H and O–H groups in total. The molecule has 0 aromatic heterocycles. The van der Waals surface area contributed by atoms with Gasteiger partial charge in [0.05, 0.1) is 17.4 Å². The summed E-state index contributed by atoms with van der Waals surface area (Å²) in [6.07, 6.45) is 1.75. The van der Waals surface area contributed by atoms with Gasteiger partial charge in [0.2, 0.25) is 10.0 Å². The first-order chi connectivity index (χ1) is 9.45. The minimum absolute atomic E-state index is 0.0262. The van der Waals surface area contributed by atoms with Gasteiger partial charge in [-0.05, 0) is 24.5 Å². The third-order valence-electron chi connectivity index (χ3n) is 3.55. The number of hydrogen-bond acceptors (Lipinski definition) is 3. The molecule has 0 aliphatic carbocycles. The largest absolute Gasteiger partial charge is 0.481 e. The van der Waals surface area contributed by atoms with Gasteiger partial charge in [0.15, 0.2) is 0 Å². The van der Waals surface area contributed by atoms with E-state index in [9.17, 15) is 18.3 Å². The first-order valence-electron chi connectivity index (χ1n) is 6.77. The van der Waals surface area contributed by atoms with Gasteiger partial charge in [0.25, 0.3) is 0 Å². The molecule has 1 atom stereocenters. The number of benzene rings is 1. The van der Waals surface area contributed by atoms with E-state index in [-0.39, 0.29) is 12.3 Å². The average molecular weight is 297 g/mol. The van der Waals surface area contributed by atoms with Crippen molar-refractivity contribution >= 4 is 21.7 Å². The third-order valence-corrected chi connectivity index (χ3v) is 5.38. The van der Waals surface area contributed by atoms with Gasteiger partial charge in [-0.25, -0.2) is 8.42 Å². The molecule has 0 saturated carbocycles. The highest BCUT2D eigenvalue weighted by atomic mass is 32.2. The SMILES string of the molecule is CCCCS(=O)(=O)N1CC(C(=O)O)Cc2ccccc21. The summed E-state index contributed by atoms with van der Waals surface area (Å²) in [5.41, 5.74) is 1.41. The molecule has 1 aromatic carbocycles. The molecular formula is C14H19NO4S. The van der Waals surface area contributed by atoms with Crippen LogP contribution in [0, 0.1) is 5.92 Å². The smallest absolute Gasteiger partial charge is 0.308 e. The van der Waals surface area contributed by atoms with Gasteiger partial charge < -0.3 is 5.11 Å². The highest BCUT2D eigenvalue weighted by Gasteiger charge is 2.34. The molecule has 20 heavy (non-hydrogen) atoms. The fourth-order valence-electron chi connectivity index (χ4n) is 2.42. The van der Waals surface area contributed by atoms with Crippen molar-refractivity contribution in [3.05, 3.63) is 29.8 Å². The Balaban J connectivity index is 2.38. The van der Waals surface area contributed by atoms with Gasteiger partial charge in [-0.15, -0.1) is 0 Å². The van der Waals surface area contributed by atoms with Gasteiger partial charge in [0, 0.05) is 6.54 Å². The zero-order valence-corrected chi connectivity index (χ0v) is 12.3. The number of carboxylic acid groups (broad SMARTS) is 1. The lowest BCUT2D eigenvalue weighted by Crippen LogP contribution is -2.43. The van der Waals surface area contributed by atoms with Crippen LogP contribution in [0.1, 0.15) is 25.3 Å². The van der Waals surface area contributed by atoms with Gasteiger partial charge >= 0.3 is 5.97 Å². The summed E-state index contributed by atoms with van der Waals surface area (Å²) in [6.45, 7) is 1.96. The van der Waals surface area contributed by atoms with E-state index in [4.69, 9.17) is 0 Å². The molecule has 0 amide bonds. The molecule has 1 aliphatic heterocycles. The lowest BCUT2D eigenvalue weighted by molar-refractivity contribution is -0.141. The van der Waals surface area contributed by atoms with Crippen molar-refractivity contribution in [2.75, 3.05) is 16.6 Å². The van der Waals surface area contributed by atoms with Crippen molar-refractivity contribution in [1.82, 2.24) is 0 Å². The maximum absolute atomic E-state index is 12.4. The Labute approximate surface area is 119 Å². The van der Waals surface area contributed by atoms with E-state index < -0.39 is 21.9 Å². The summed E-state index contributed by atoms with van der Waals surface area (Å²) in [6, 6.07) is 7.13. The molecule has 1 unspecified atom stereocenters. The maximum Gasteiger partial charge on any atom is 0.308 e. The number of fused-ring (bicyclic) bond motifs is 1. The molecule has 2 rings (SSSR count). The van der Waals surface area contributed by atoms with Gasteiger partial charge in [-0.2, -0.15) is 0 Å². The summed E-state index contributed by atoms with van der Waals surface area (Å²) in [4.78, 5) is 11.2. The van der Waals surface area contributed by atoms with Crippen molar-refractivity contribution in [2.24, 2.45) is 5.92 Å². The molecule has 5 nitrogen and oxygen atoms in total. The summed E-state index contributed by atoms with van der Waals surface area (Å²) < 4.78 is 26.1. The number of para-hydroxylation sites is 1. The van der Waals surface area contributed by atoms with Gasteiger partial charge in [0.1, 0.15) is 0 Å². The summed E-state index contributed by atoms with van der Waals surface area (Å²) >= 11 is 0. The van der Waals surface area contributed by atoms with Crippen LogP contribution in [0.25, 0.3) is 0 Å². The number of hydrogen-bond donors (Lipinski definition) is 1. The lowest BCUT2D eigenvalue weighted by atomic mass is 9.94. The minimum Gasteiger partial charge on any atom is -0.481 e. The lowest BCUT2D eigenvalue weighted by Gasteiger charge is -2.33. The molecule has 1 aliphatic rings. The summed E-state index contributed by atoms with van der Waals surface area (Å²) in [5.74, 6) is -1.57. The highest BCUT2D eigenvalue weighted by Crippen LogP contribution is 2.32. The van der Waals surface area contributed by atoms with Gasteiger partial charge in [-0.1, -0.05) is 31.5 Å². The number of aliphatic carboxylic acids is 1. The second kappa shape index (κ2) is 5.83. The van der Waals surface area contributed by atoms with Crippen molar-refractivity contribution < 1.29 is 18.3 Å². The number of sulfonamides is 1. The Kier molecular flexibility index (Phi) is 4.32. The Hall–Kier alpha value is -1.56. The van der Waals surface area contributed by atoms with E-state index in [1.807, 2.05) is 6.92 Å². The first kappa shape index (κ1) is 14.8. The molecule has 1 heterocycles. The Bertz CT molecular complexity index is 597. The zero-order chi connectivity index (χ0) is 14.8. The van der Waals surface area contributed by atoms with E-state index >= 15 is 0 Å². The molecule has 0 radical (unpaired) electrons. The number of anilines is 1. The molecule has 0 fully saturated rings. The highest BCUT2D eigenvalue weighted by molar-refractivity contribution is 7.92. The van der Waals surface area contributed by atoms with E-state index in [1.54, 1.807) is 24.3 Å². The van der Waals surface area contributed by atoms with Crippen LogP contribution in [-0.2, 0) is 21.2 Å². The Morgan fingerprint density at radius 1 is 1.40 bits per heavy atom. The summed E-state index contributed by atoms with van der Waals surface area (Å²) in [5, 5.41) is 9.20. The standard InChI is InChI=1S/C14H19NO4S/c1-2-3-8-20(18,19)15-10-12(14(16)17)9-11-6-4-5-7-13(11)15/h4-7,12H,2-3,8-10H2,1H3,(H,16,17). The minimum atomic E-state index is -3.46. The number of carboxylic acids is 1. The molecule has 6 heteroatoms. The Morgan fingerprint density at radius 3 is 2.75 bits per heavy atom. The second-order valence-corrected chi connectivity index (χ2v) is 7.08. The van der Waals surface area contributed by atoms with Crippen LogP contribution in [0.15, 0.2) is 24.3 Å². The van der Waals surface area contributed by atoms with Crippen molar-refractivity contribution in [2.45, 2.75) is 26.2 Å². The number of rotatable bonds is 5. The maximum atomic E-state index is 12.4.